The van der Waals surface area contributed by atoms with Gasteiger partial charge in [0.1, 0.15) is 34.6 Å². The van der Waals surface area contributed by atoms with Gasteiger partial charge in [-0.05, 0) is 89.2 Å². The highest BCUT2D eigenvalue weighted by Crippen LogP contribution is 2.38. The molecule has 10 heteroatoms. The molecule has 238 valence electrons. The SMILES string of the molecule is CCCCCc1ccc(-c2cc(F)c(C(F)(F)Oc3ccc(-c4ccc(-c5cc(F)c(F)c(F)c5)c(F)c4)cc3)c(F)c2)c(F)c1. The topological polar surface area (TPSA) is 9.23 Å². The van der Waals surface area contributed by atoms with E-state index in [4.69, 9.17) is 0 Å². The van der Waals surface area contributed by atoms with Crippen molar-refractivity contribution in [2.24, 2.45) is 0 Å². The lowest BCUT2D eigenvalue weighted by atomic mass is 9.98. The molecule has 5 rings (SSSR count). The molecule has 0 aliphatic rings. The van der Waals surface area contributed by atoms with Gasteiger partial charge < -0.3 is 4.74 Å². The summed E-state index contributed by atoms with van der Waals surface area (Å²) >= 11 is 0. The van der Waals surface area contributed by atoms with E-state index in [1.165, 1.54) is 36.4 Å². The van der Waals surface area contributed by atoms with Gasteiger partial charge in [-0.15, -0.1) is 0 Å². The first-order valence-electron chi connectivity index (χ1n) is 14.3. The summed E-state index contributed by atoms with van der Waals surface area (Å²) in [5.74, 6) is -10.1. The Labute approximate surface area is 258 Å². The molecule has 0 aliphatic heterocycles. The van der Waals surface area contributed by atoms with Crippen LogP contribution in [-0.2, 0) is 12.5 Å². The van der Waals surface area contributed by atoms with Crippen molar-refractivity contribution in [2.45, 2.75) is 38.7 Å². The zero-order valence-electron chi connectivity index (χ0n) is 24.2. The number of halogens is 9. The van der Waals surface area contributed by atoms with Crippen LogP contribution in [0.5, 0.6) is 5.75 Å². The van der Waals surface area contributed by atoms with Crippen molar-refractivity contribution in [1.82, 2.24) is 0 Å². The van der Waals surface area contributed by atoms with E-state index < -0.39 is 58.1 Å². The lowest BCUT2D eigenvalue weighted by Crippen LogP contribution is -2.25. The molecule has 0 radical (unpaired) electrons. The molecular formula is C36H25F9O. The van der Waals surface area contributed by atoms with Gasteiger partial charge in [-0.1, -0.05) is 56.2 Å². The lowest BCUT2D eigenvalue weighted by Gasteiger charge is -2.20. The van der Waals surface area contributed by atoms with Crippen LogP contribution in [-0.4, -0.2) is 0 Å². The minimum absolute atomic E-state index is 0.148. The van der Waals surface area contributed by atoms with Crippen LogP contribution in [0.15, 0.2) is 84.9 Å². The first kappa shape index (κ1) is 32.7. The summed E-state index contributed by atoms with van der Waals surface area (Å²) in [6, 6.07) is 15.1. The number of benzene rings is 5. The zero-order valence-corrected chi connectivity index (χ0v) is 24.2. The maximum absolute atomic E-state index is 15.0. The Kier molecular flexibility index (Phi) is 9.46. The number of rotatable bonds is 10. The van der Waals surface area contributed by atoms with Crippen molar-refractivity contribution >= 4 is 0 Å². The predicted octanol–water partition coefficient (Wildman–Crippen LogP) is 11.5. The number of aryl methyl sites for hydroxylation is 1. The molecule has 0 atom stereocenters. The standard InChI is InChI=1S/C36H25F9O/c1-2-3-4-5-20-6-12-26(28(37)14-20)23-16-30(39)34(31(40)17-23)36(44,45)46-25-10-7-21(8-11-25)22-9-13-27(29(38)15-22)24-18-32(41)35(43)33(42)19-24/h6-19H,2-5H2,1H3. The first-order valence-corrected chi connectivity index (χ1v) is 14.3. The Morgan fingerprint density at radius 3 is 1.57 bits per heavy atom. The molecule has 0 aliphatic carbocycles. The van der Waals surface area contributed by atoms with Gasteiger partial charge in [0.2, 0.25) is 0 Å². The van der Waals surface area contributed by atoms with Crippen molar-refractivity contribution in [1.29, 1.82) is 0 Å². The van der Waals surface area contributed by atoms with Gasteiger partial charge in [0, 0.05) is 11.1 Å². The second-order valence-electron chi connectivity index (χ2n) is 10.7. The Morgan fingerprint density at radius 1 is 0.522 bits per heavy atom. The minimum atomic E-state index is -4.47. The van der Waals surface area contributed by atoms with Crippen LogP contribution in [0.3, 0.4) is 0 Å². The third-order valence-electron chi connectivity index (χ3n) is 7.44. The summed E-state index contributed by atoms with van der Waals surface area (Å²) in [6.45, 7) is 2.03. The van der Waals surface area contributed by atoms with Crippen molar-refractivity contribution < 1.29 is 44.3 Å². The molecule has 0 heterocycles. The minimum Gasteiger partial charge on any atom is -0.429 e. The average molecular weight is 645 g/mol. The van der Waals surface area contributed by atoms with Gasteiger partial charge in [-0.3, -0.25) is 0 Å². The third-order valence-corrected chi connectivity index (χ3v) is 7.44. The van der Waals surface area contributed by atoms with Crippen molar-refractivity contribution in [3.05, 3.63) is 137 Å². The number of ether oxygens (including phenoxy) is 1. The third kappa shape index (κ3) is 6.90. The molecule has 0 unspecified atom stereocenters. The van der Waals surface area contributed by atoms with Crippen LogP contribution in [0, 0.1) is 40.7 Å². The van der Waals surface area contributed by atoms with Gasteiger partial charge in [0.05, 0.1) is 0 Å². The molecule has 0 bridgehead atoms. The second-order valence-corrected chi connectivity index (χ2v) is 10.7. The van der Waals surface area contributed by atoms with E-state index >= 15 is 8.78 Å². The van der Waals surface area contributed by atoms with Gasteiger partial charge in [-0.2, -0.15) is 8.78 Å². The molecule has 0 fully saturated rings. The molecule has 0 aromatic heterocycles. The maximum atomic E-state index is 15.0. The van der Waals surface area contributed by atoms with Crippen molar-refractivity contribution in [2.75, 3.05) is 0 Å². The Balaban J connectivity index is 1.33. The molecule has 1 nitrogen and oxygen atoms in total. The summed E-state index contributed by atoms with van der Waals surface area (Å²) in [5, 5.41) is 0. The molecule has 0 spiro atoms. The highest BCUT2D eigenvalue weighted by Gasteiger charge is 2.41. The molecule has 0 amide bonds. The van der Waals surface area contributed by atoms with Crippen LogP contribution in [0.25, 0.3) is 33.4 Å². The Morgan fingerprint density at radius 2 is 1.02 bits per heavy atom. The average Bonchev–Trinajstić information content (AvgIpc) is 2.99. The van der Waals surface area contributed by atoms with E-state index in [1.807, 2.05) is 6.92 Å². The van der Waals surface area contributed by atoms with E-state index in [1.54, 1.807) is 6.07 Å². The number of hydrogen-bond acceptors (Lipinski definition) is 1. The van der Waals surface area contributed by atoms with Gasteiger partial charge in [0.15, 0.2) is 17.5 Å². The van der Waals surface area contributed by atoms with Crippen LogP contribution in [0.2, 0.25) is 0 Å². The van der Waals surface area contributed by atoms with Crippen LogP contribution in [0.4, 0.5) is 39.5 Å². The van der Waals surface area contributed by atoms with E-state index in [2.05, 4.69) is 4.74 Å². The van der Waals surface area contributed by atoms with Crippen LogP contribution >= 0.6 is 0 Å². The highest BCUT2D eigenvalue weighted by molar-refractivity contribution is 5.71. The summed E-state index contributed by atoms with van der Waals surface area (Å²) in [4.78, 5) is 0. The van der Waals surface area contributed by atoms with Gasteiger partial charge in [0.25, 0.3) is 0 Å². The molecule has 5 aromatic carbocycles. The van der Waals surface area contributed by atoms with Crippen LogP contribution < -0.4 is 4.74 Å². The van der Waals surface area contributed by atoms with E-state index in [0.29, 0.717) is 41.8 Å². The summed E-state index contributed by atoms with van der Waals surface area (Å²) < 4.78 is 135. The summed E-state index contributed by atoms with van der Waals surface area (Å²) in [7, 11) is 0. The zero-order chi connectivity index (χ0) is 33.2. The predicted molar refractivity (Wildman–Crippen MR) is 157 cm³/mol. The summed E-state index contributed by atoms with van der Waals surface area (Å²) in [6.07, 6.45) is -1.05. The fourth-order valence-corrected chi connectivity index (χ4v) is 5.09. The maximum Gasteiger partial charge on any atom is 0.432 e. The van der Waals surface area contributed by atoms with Crippen LogP contribution in [0.1, 0.15) is 37.3 Å². The largest absolute Gasteiger partial charge is 0.432 e. The highest BCUT2D eigenvalue weighted by atomic mass is 19.3. The molecular weight excluding hydrogens is 619 g/mol. The Hall–Kier alpha value is -4.73. The van der Waals surface area contributed by atoms with Gasteiger partial charge in [-0.25, -0.2) is 30.7 Å². The fourth-order valence-electron chi connectivity index (χ4n) is 5.09. The van der Waals surface area contributed by atoms with E-state index in [9.17, 15) is 30.7 Å². The van der Waals surface area contributed by atoms with Gasteiger partial charge >= 0.3 is 6.11 Å². The molecule has 5 aromatic rings. The molecule has 0 N–H and O–H groups in total. The quantitative estimate of drug-likeness (QED) is 0.0835. The number of unbranched alkanes of at least 4 members (excludes halogenated alkanes) is 2. The monoisotopic (exact) mass is 644 g/mol. The first-order chi connectivity index (χ1) is 21.9. The van der Waals surface area contributed by atoms with E-state index in [-0.39, 0.29) is 27.8 Å². The lowest BCUT2D eigenvalue weighted by molar-refractivity contribution is -0.189. The van der Waals surface area contributed by atoms with Crippen molar-refractivity contribution in [3.63, 3.8) is 0 Å². The molecule has 0 saturated heterocycles. The van der Waals surface area contributed by atoms with E-state index in [0.717, 1.165) is 37.5 Å². The fraction of sp³-hybridized carbons (Fsp3) is 0.167. The molecule has 46 heavy (non-hydrogen) atoms. The normalized spacial score (nSPS) is 11.6. The number of alkyl halides is 2. The Bertz CT molecular complexity index is 1840. The molecule has 0 saturated carbocycles. The smallest absolute Gasteiger partial charge is 0.429 e. The summed E-state index contributed by atoms with van der Waals surface area (Å²) in [5.41, 5.74) is -1.25. The van der Waals surface area contributed by atoms with Crippen molar-refractivity contribution in [3.8, 4) is 39.1 Å². The number of hydrogen-bond donors (Lipinski definition) is 0. The second kappa shape index (κ2) is 13.3.